The highest BCUT2D eigenvalue weighted by molar-refractivity contribution is 5.72. The maximum Gasteiger partial charge on any atom is 0.332 e. The molecule has 1 heterocycles. The van der Waals surface area contributed by atoms with Gasteiger partial charge in [-0.05, 0) is 31.7 Å². The number of ether oxygens (including phenoxy) is 1. The molecule has 2 N–H and O–H groups in total. The maximum absolute atomic E-state index is 10.7. The van der Waals surface area contributed by atoms with E-state index in [0.29, 0.717) is 18.9 Å². The molecular formula is C10H19NO3. The Morgan fingerprint density at radius 3 is 3.00 bits per heavy atom. The number of hydrogen-bond acceptors (Lipinski definition) is 3. The monoisotopic (exact) mass is 201 g/mol. The van der Waals surface area contributed by atoms with Crippen LogP contribution in [0, 0.1) is 5.92 Å². The summed E-state index contributed by atoms with van der Waals surface area (Å²) in [6.45, 7) is 4.43. The number of rotatable bonds is 5. The SMILES string of the molecule is CCC(OCC1CCCNC1)C(=O)O. The van der Waals surface area contributed by atoms with Gasteiger partial charge in [0.2, 0.25) is 0 Å². The smallest absolute Gasteiger partial charge is 0.332 e. The minimum Gasteiger partial charge on any atom is -0.479 e. The van der Waals surface area contributed by atoms with Crippen LogP contribution in [0.25, 0.3) is 0 Å². The summed E-state index contributed by atoms with van der Waals surface area (Å²) in [5, 5.41) is 12.0. The van der Waals surface area contributed by atoms with Crippen LogP contribution in [0.3, 0.4) is 0 Å². The van der Waals surface area contributed by atoms with Gasteiger partial charge < -0.3 is 15.2 Å². The molecule has 1 saturated heterocycles. The van der Waals surface area contributed by atoms with E-state index in [0.717, 1.165) is 25.9 Å². The Balaban J connectivity index is 2.20. The summed E-state index contributed by atoms with van der Waals surface area (Å²) in [4.78, 5) is 10.7. The highest BCUT2D eigenvalue weighted by atomic mass is 16.5. The second-order valence-corrected chi connectivity index (χ2v) is 3.78. The first kappa shape index (κ1) is 11.5. The van der Waals surface area contributed by atoms with Crippen LogP contribution in [0.15, 0.2) is 0 Å². The molecule has 0 radical (unpaired) electrons. The van der Waals surface area contributed by atoms with Crippen LogP contribution >= 0.6 is 0 Å². The number of nitrogens with one attached hydrogen (secondary N) is 1. The number of aliphatic carboxylic acids is 1. The predicted molar refractivity (Wildman–Crippen MR) is 53.3 cm³/mol. The Kier molecular flexibility index (Phi) is 4.90. The Hall–Kier alpha value is -0.610. The van der Waals surface area contributed by atoms with Gasteiger partial charge in [-0.25, -0.2) is 4.79 Å². The average molecular weight is 201 g/mol. The molecule has 0 amide bonds. The van der Waals surface area contributed by atoms with Crippen molar-refractivity contribution in [2.24, 2.45) is 5.92 Å². The van der Waals surface area contributed by atoms with E-state index in [1.54, 1.807) is 0 Å². The molecule has 0 aliphatic carbocycles. The molecule has 1 aliphatic heterocycles. The molecule has 1 rings (SSSR count). The third-order valence-corrected chi connectivity index (χ3v) is 2.58. The van der Waals surface area contributed by atoms with Crippen molar-refractivity contribution in [3.8, 4) is 0 Å². The Morgan fingerprint density at radius 2 is 2.50 bits per heavy atom. The zero-order valence-electron chi connectivity index (χ0n) is 8.66. The lowest BCUT2D eigenvalue weighted by atomic mass is 10.0. The average Bonchev–Trinajstić information content (AvgIpc) is 2.20. The normalized spacial score (nSPS) is 24.5. The summed E-state index contributed by atoms with van der Waals surface area (Å²) in [6.07, 6.45) is 2.22. The van der Waals surface area contributed by atoms with Gasteiger partial charge in [-0.1, -0.05) is 6.92 Å². The second-order valence-electron chi connectivity index (χ2n) is 3.78. The molecule has 0 bridgehead atoms. The van der Waals surface area contributed by atoms with Gasteiger partial charge in [0, 0.05) is 6.54 Å². The third kappa shape index (κ3) is 3.64. The Morgan fingerprint density at radius 1 is 1.71 bits per heavy atom. The first-order valence-electron chi connectivity index (χ1n) is 5.29. The van der Waals surface area contributed by atoms with Crippen molar-refractivity contribution in [3.63, 3.8) is 0 Å². The summed E-state index contributed by atoms with van der Waals surface area (Å²) >= 11 is 0. The zero-order valence-corrected chi connectivity index (χ0v) is 8.66. The van der Waals surface area contributed by atoms with Gasteiger partial charge in [0.05, 0.1) is 6.61 Å². The van der Waals surface area contributed by atoms with Gasteiger partial charge >= 0.3 is 5.97 Å². The van der Waals surface area contributed by atoms with E-state index < -0.39 is 12.1 Å². The van der Waals surface area contributed by atoms with E-state index in [1.165, 1.54) is 0 Å². The molecule has 0 saturated carbocycles. The van der Waals surface area contributed by atoms with E-state index in [2.05, 4.69) is 5.32 Å². The fourth-order valence-electron chi connectivity index (χ4n) is 1.68. The number of piperidine rings is 1. The van der Waals surface area contributed by atoms with Crippen LogP contribution in [-0.2, 0) is 9.53 Å². The quantitative estimate of drug-likeness (QED) is 0.693. The molecule has 82 valence electrons. The lowest BCUT2D eigenvalue weighted by molar-refractivity contribution is -0.151. The minimum absolute atomic E-state index is 0.483. The number of hydrogen-bond donors (Lipinski definition) is 2. The van der Waals surface area contributed by atoms with Crippen molar-refractivity contribution in [1.82, 2.24) is 5.32 Å². The van der Waals surface area contributed by atoms with E-state index in [9.17, 15) is 4.79 Å². The Labute approximate surface area is 84.6 Å². The van der Waals surface area contributed by atoms with Gasteiger partial charge in [0.15, 0.2) is 6.10 Å². The van der Waals surface area contributed by atoms with Crippen LogP contribution in [0.2, 0.25) is 0 Å². The van der Waals surface area contributed by atoms with Crippen molar-refractivity contribution in [3.05, 3.63) is 0 Å². The van der Waals surface area contributed by atoms with E-state index in [-0.39, 0.29) is 0 Å². The molecule has 14 heavy (non-hydrogen) atoms. The Bertz CT molecular complexity index is 178. The number of carboxylic acids is 1. The van der Waals surface area contributed by atoms with Crippen molar-refractivity contribution in [2.45, 2.75) is 32.3 Å². The van der Waals surface area contributed by atoms with Gasteiger partial charge in [0.25, 0.3) is 0 Å². The van der Waals surface area contributed by atoms with Gasteiger partial charge in [0.1, 0.15) is 0 Å². The maximum atomic E-state index is 10.7. The standard InChI is InChI=1S/C10H19NO3/c1-2-9(10(12)13)14-7-8-4-3-5-11-6-8/h8-9,11H,2-7H2,1H3,(H,12,13). The molecule has 2 unspecified atom stereocenters. The first-order valence-corrected chi connectivity index (χ1v) is 5.29. The lowest BCUT2D eigenvalue weighted by Gasteiger charge is -2.23. The van der Waals surface area contributed by atoms with Gasteiger partial charge in [-0.2, -0.15) is 0 Å². The molecule has 0 aromatic carbocycles. The molecule has 0 aromatic rings. The molecule has 1 fully saturated rings. The van der Waals surface area contributed by atoms with E-state index in [4.69, 9.17) is 9.84 Å². The van der Waals surface area contributed by atoms with Gasteiger partial charge in [-0.15, -0.1) is 0 Å². The summed E-state index contributed by atoms with van der Waals surface area (Å²) in [5.41, 5.74) is 0. The highest BCUT2D eigenvalue weighted by Crippen LogP contribution is 2.11. The first-order chi connectivity index (χ1) is 6.74. The third-order valence-electron chi connectivity index (χ3n) is 2.58. The van der Waals surface area contributed by atoms with Crippen molar-refractivity contribution >= 4 is 5.97 Å². The topological polar surface area (TPSA) is 58.6 Å². The van der Waals surface area contributed by atoms with Crippen molar-refractivity contribution in [2.75, 3.05) is 19.7 Å². The largest absolute Gasteiger partial charge is 0.479 e. The highest BCUT2D eigenvalue weighted by Gasteiger charge is 2.19. The minimum atomic E-state index is -0.851. The summed E-state index contributed by atoms with van der Waals surface area (Å²) in [5.74, 6) is -0.367. The molecular weight excluding hydrogens is 182 g/mol. The van der Waals surface area contributed by atoms with Crippen LogP contribution < -0.4 is 5.32 Å². The van der Waals surface area contributed by atoms with E-state index in [1.807, 2.05) is 6.92 Å². The van der Waals surface area contributed by atoms with Crippen LogP contribution in [0.1, 0.15) is 26.2 Å². The predicted octanol–water partition coefficient (Wildman–Crippen LogP) is 0.866. The number of carboxylic acid groups (broad SMARTS) is 1. The fourth-order valence-corrected chi connectivity index (χ4v) is 1.68. The van der Waals surface area contributed by atoms with Crippen LogP contribution in [0.4, 0.5) is 0 Å². The summed E-state index contributed by atoms with van der Waals surface area (Å²) in [7, 11) is 0. The summed E-state index contributed by atoms with van der Waals surface area (Å²) in [6, 6.07) is 0. The lowest BCUT2D eigenvalue weighted by Crippen LogP contribution is -2.34. The molecule has 1 aliphatic rings. The van der Waals surface area contributed by atoms with Crippen molar-refractivity contribution < 1.29 is 14.6 Å². The van der Waals surface area contributed by atoms with Crippen molar-refractivity contribution in [1.29, 1.82) is 0 Å². The van der Waals surface area contributed by atoms with E-state index >= 15 is 0 Å². The molecule has 0 aromatic heterocycles. The van der Waals surface area contributed by atoms with Gasteiger partial charge in [-0.3, -0.25) is 0 Å². The van der Waals surface area contributed by atoms with Crippen LogP contribution in [-0.4, -0.2) is 36.9 Å². The van der Waals surface area contributed by atoms with Crippen LogP contribution in [0.5, 0.6) is 0 Å². The zero-order chi connectivity index (χ0) is 10.4. The fraction of sp³-hybridized carbons (Fsp3) is 0.900. The molecule has 4 heteroatoms. The molecule has 2 atom stereocenters. The second kappa shape index (κ2) is 5.98. The number of carbonyl (C=O) groups is 1. The molecule has 4 nitrogen and oxygen atoms in total. The molecule has 0 spiro atoms. The summed E-state index contributed by atoms with van der Waals surface area (Å²) < 4.78 is 5.35.